The van der Waals surface area contributed by atoms with Crippen molar-refractivity contribution in [3.8, 4) is 5.75 Å². The van der Waals surface area contributed by atoms with Crippen molar-refractivity contribution < 1.29 is 9.90 Å². The highest BCUT2D eigenvalue weighted by molar-refractivity contribution is 8.26. The van der Waals surface area contributed by atoms with E-state index in [1.807, 2.05) is 0 Å². The minimum absolute atomic E-state index is 0.0308. The smallest absolute Gasteiger partial charge is 0.266 e. The van der Waals surface area contributed by atoms with E-state index in [2.05, 4.69) is 13.8 Å². The molecule has 1 aromatic carbocycles. The van der Waals surface area contributed by atoms with Gasteiger partial charge in [0.1, 0.15) is 10.1 Å². The lowest BCUT2D eigenvalue weighted by Crippen LogP contribution is -2.31. The number of carbonyl (C=O) groups excluding carboxylic acids is 1. The SMILES string of the molecule is CC(C)CN1C(=O)C(=Cc2ccc(O)cc2)SC1=S. The monoisotopic (exact) mass is 293 g/mol. The van der Waals surface area contributed by atoms with Crippen molar-refractivity contribution in [2.45, 2.75) is 13.8 Å². The van der Waals surface area contributed by atoms with Gasteiger partial charge in [0.25, 0.3) is 5.91 Å². The van der Waals surface area contributed by atoms with Crippen LogP contribution in [0.4, 0.5) is 0 Å². The molecule has 1 amide bonds. The van der Waals surface area contributed by atoms with Crippen LogP contribution < -0.4 is 0 Å². The number of hydrogen-bond donors (Lipinski definition) is 1. The van der Waals surface area contributed by atoms with Crippen LogP contribution in [0.5, 0.6) is 5.75 Å². The molecule has 1 saturated heterocycles. The summed E-state index contributed by atoms with van der Waals surface area (Å²) in [4.78, 5) is 14.5. The molecule has 0 saturated carbocycles. The molecule has 0 atom stereocenters. The highest BCUT2D eigenvalue weighted by Gasteiger charge is 2.32. The maximum Gasteiger partial charge on any atom is 0.266 e. The van der Waals surface area contributed by atoms with Crippen molar-refractivity contribution in [2.75, 3.05) is 6.54 Å². The lowest BCUT2D eigenvalue weighted by atomic mass is 10.2. The van der Waals surface area contributed by atoms with Gasteiger partial charge >= 0.3 is 0 Å². The average Bonchev–Trinajstić information content (AvgIpc) is 2.60. The maximum absolute atomic E-state index is 12.2. The minimum atomic E-state index is -0.0308. The topological polar surface area (TPSA) is 40.5 Å². The Balaban J connectivity index is 2.20. The van der Waals surface area contributed by atoms with E-state index in [0.29, 0.717) is 21.7 Å². The Morgan fingerprint density at radius 2 is 2.00 bits per heavy atom. The number of thiocarbonyl (C=S) groups is 1. The fraction of sp³-hybridized carbons (Fsp3) is 0.286. The Labute approximate surface area is 122 Å². The van der Waals surface area contributed by atoms with Crippen molar-refractivity contribution in [1.82, 2.24) is 4.90 Å². The zero-order chi connectivity index (χ0) is 14.0. The summed E-state index contributed by atoms with van der Waals surface area (Å²) in [6, 6.07) is 6.73. The number of thioether (sulfide) groups is 1. The molecule has 0 aromatic heterocycles. The zero-order valence-electron chi connectivity index (χ0n) is 10.8. The Morgan fingerprint density at radius 1 is 1.37 bits per heavy atom. The number of benzene rings is 1. The standard InChI is InChI=1S/C14H15NO2S2/c1-9(2)8-15-13(17)12(19-14(15)18)7-10-3-5-11(16)6-4-10/h3-7,9,16H,8H2,1-2H3. The first-order valence-corrected chi connectivity index (χ1v) is 7.24. The van der Waals surface area contributed by atoms with E-state index in [-0.39, 0.29) is 11.7 Å². The molecule has 1 aliphatic rings. The Hall–Kier alpha value is -1.33. The molecular weight excluding hydrogens is 278 g/mol. The molecule has 0 bridgehead atoms. The first kappa shape index (κ1) is 14.1. The third kappa shape index (κ3) is 3.36. The number of phenols is 1. The van der Waals surface area contributed by atoms with Gasteiger partial charge in [-0.25, -0.2) is 0 Å². The zero-order valence-corrected chi connectivity index (χ0v) is 12.4. The molecule has 0 radical (unpaired) electrons. The second kappa shape index (κ2) is 5.75. The quantitative estimate of drug-likeness (QED) is 0.686. The molecule has 0 unspecified atom stereocenters. The third-order valence-electron chi connectivity index (χ3n) is 2.61. The van der Waals surface area contributed by atoms with Crippen molar-refractivity contribution in [1.29, 1.82) is 0 Å². The van der Waals surface area contributed by atoms with Crippen LogP contribution in [0, 0.1) is 5.92 Å². The summed E-state index contributed by atoms with van der Waals surface area (Å²) in [5.74, 6) is 0.566. The lowest BCUT2D eigenvalue weighted by Gasteiger charge is -2.16. The van der Waals surface area contributed by atoms with Crippen LogP contribution in [-0.4, -0.2) is 26.8 Å². The molecule has 0 spiro atoms. The van der Waals surface area contributed by atoms with Gasteiger partial charge in [-0.15, -0.1) is 0 Å². The molecule has 0 aliphatic carbocycles. The molecule has 100 valence electrons. The van der Waals surface area contributed by atoms with Crippen LogP contribution in [0.25, 0.3) is 6.08 Å². The third-order valence-corrected chi connectivity index (χ3v) is 3.99. The number of phenolic OH excluding ortho intramolecular Hbond substituents is 1. The van der Waals surface area contributed by atoms with E-state index >= 15 is 0 Å². The molecule has 19 heavy (non-hydrogen) atoms. The molecular formula is C14H15NO2S2. The summed E-state index contributed by atoms with van der Waals surface area (Å²) in [7, 11) is 0. The molecule has 1 aliphatic heterocycles. The van der Waals surface area contributed by atoms with E-state index in [0.717, 1.165) is 5.56 Å². The van der Waals surface area contributed by atoms with Gasteiger partial charge in [0.15, 0.2) is 0 Å². The van der Waals surface area contributed by atoms with Crippen LogP contribution in [0.15, 0.2) is 29.2 Å². The number of amides is 1. The highest BCUT2D eigenvalue weighted by Crippen LogP contribution is 2.33. The van der Waals surface area contributed by atoms with Gasteiger partial charge in [-0.3, -0.25) is 9.69 Å². The van der Waals surface area contributed by atoms with E-state index < -0.39 is 0 Å². The predicted octanol–water partition coefficient (Wildman–Crippen LogP) is 3.25. The largest absolute Gasteiger partial charge is 0.508 e. The number of nitrogens with zero attached hydrogens (tertiary/aromatic N) is 1. The second-order valence-corrected chi connectivity index (χ2v) is 6.45. The van der Waals surface area contributed by atoms with Crippen molar-refractivity contribution in [3.05, 3.63) is 34.7 Å². The Morgan fingerprint density at radius 3 is 2.58 bits per heavy atom. The van der Waals surface area contributed by atoms with Crippen LogP contribution in [-0.2, 0) is 4.79 Å². The maximum atomic E-state index is 12.2. The number of carbonyl (C=O) groups is 1. The van der Waals surface area contributed by atoms with Crippen molar-refractivity contribution >= 4 is 40.3 Å². The van der Waals surface area contributed by atoms with Gasteiger partial charge in [-0.2, -0.15) is 0 Å². The predicted molar refractivity (Wildman–Crippen MR) is 82.8 cm³/mol. The number of hydrogen-bond acceptors (Lipinski definition) is 4. The van der Waals surface area contributed by atoms with E-state index in [1.165, 1.54) is 11.8 Å². The summed E-state index contributed by atoms with van der Waals surface area (Å²) >= 11 is 6.57. The summed E-state index contributed by atoms with van der Waals surface area (Å²) in [5, 5.41) is 9.23. The first-order chi connectivity index (χ1) is 8.97. The molecule has 1 fully saturated rings. The second-order valence-electron chi connectivity index (χ2n) is 4.78. The summed E-state index contributed by atoms with van der Waals surface area (Å²) in [6.07, 6.45) is 1.80. The van der Waals surface area contributed by atoms with E-state index in [4.69, 9.17) is 12.2 Å². The Kier molecular flexibility index (Phi) is 4.27. The van der Waals surface area contributed by atoms with Gasteiger partial charge in [0, 0.05) is 6.54 Å². The number of aromatic hydroxyl groups is 1. The fourth-order valence-corrected chi connectivity index (χ4v) is 3.02. The minimum Gasteiger partial charge on any atom is -0.508 e. The van der Waals surface area contributed by atoms with Gasteiger partial charge in [-0.05, 0) is 29.7 Å². The van der Waals surface area contributed by atoms with Gasteiger partial charge in [-0.1, -0.05) is 50.0 Å². The summed E-state index contributed by atoms with van der Waals surface area (Å²) in [5.41, 5.74) is 0.878. The highest BCUT2D eigenvalue weighted by atomic mass is 32.2. The molecule has 5 heteroatoms. The van der Waals surface area contributed by atoms with Crippen LogP contribution >= 0.6 is 24.0 Å². The normalized spacial score (nSPS) is 17.8. The molecule has 1 N–H and O–H groups in total. The molecule has 2 rings (SSSR count). The average molecular weight is 293 g/mol. The van der Waals surface area contributed by atoms with E-state index in [1.54, 1.807) is 35.2 Å². The van der Waals surface area contributed by atoms with Crippen LogP contribution in [0.3, 0.4) is 0 Å². The summed E-state index contributed by atoms with van der Waals surface area (Å²) in [6.45, 7) is 4.77. The van der Waals surface area contributed by atoms with Gasteiger partial charge < -0.3 is 5.11 Å². The first-order valence-electron chi connectivity index (χ1n) is 6.02. The molecule has 1 aromatic rings. The lowest BCUT2D eigenvalue weighted by molar-refractivity contribution is -0.122. The van der Waals surface area contributed by atoms with Crippen molar-refractivity contribution in [2.24, 2.45) is 5.92 Å². The van der Waals surface area contributed by atoms with Crippen LogP contribution in [0.1, 0.15) is 19.4 Å². The summed E-state index contributed by atoms with van der Waals surface area (Å²) < 4.78 is 0.615. The van der Waals surface area contributed by atoms with E-state index in [9.17, 15) is 9.90 Å². The van der Waals surface area contributed by atoms with Gasteiger partial charge in [0.05, 0.1) is 4.91 Å². The van der Waals surface area contributed by atoms with Crippen LogP contribution in [0.2, 0.25) is 0 Å². The van der Waals surface area contributed by atoms with Crippen molar-refractivity contribution in [3.63, 3.8) is 0 Å². The number of rotatable bonds is 3. The molecule has 3 nitrogen and oxygen atoms in total. The van der Waals surface area contributed by atoms with Gasteiger partial charge in [0.2, 0.25) is 0 Å². The molecule has 1 heterocycles. The Bertz CT molecular complexity index is 535. The fourth-order valence-electron chi connectivity index (χ4n) is 1.74.